The highest BCUT2D eigenvalue weighted by Crippen LogP contribution is 2.35. The number of hydrogen-bond acceptors (Lipinski definition) is 2. The second kappa shape index (κ2) is 3.32. The molecule has 1 heterocycles. The summed E-state index contributed by atoms with van der Waals surface area (Å²) in [7, 11) is 0. The molecule has 0 unspecified atom stereocenters. The molecule has 0 atom stereocenters. The van der Waals surface area contributed by atoms with Crippen LogP contribution in [0.4, 0.5) is 5.69 Å². The zero-order valence-electron chi connectivity index (χ0n) is 9.28. The van der Waals surface area contributed by atoms with Gasteiger partial charge in [0.1, 0.15) is 0 Å². The Kier molecular flexibility index (Phi) is 2.04. The van der Waals surface area contributed by atoms with Crippen molar-refractivity contribution >= 4 is 11.6 Å². The van der Waals surface area contributed by atoms with E-state index in [9.17, 15) is 4.79 Å². The number of amides is 1. The molecule has 2 aliphatic rings. The molecular formula is C13H16N2O. The maximum Gasteiger partial charge on any atom is 0.247 e. The molecule has 1 amide bonds. The fraction of sp³-hybridized carbons (Fsp3) is 0.462. The zero-order chi connectivity index (χ0) is 11.2. The molecule has 1 aliphatic heterocycles. The minimum atomic E-state index is -0.572. The fourth-order valence-electron chi connectivity index (χ4n) is 2.59. The first-order valence-electron chi connectivity index (χ1n) is 5.89. The van der Waals surface area contributed by atoms with Crippen molar-refractivity contribution in [1.82, 2.24) is 0 Å². The van der Waals surface area contributed by atoms with E-state index >= 15 is 0 Å². The molecular weight excluding hydrogens is 200 g/mol. The van der Waals surface area contributed by atoms with Crippen LogP contribution in [-0.4, -0.2) is 18.0 Å². The van der Waals surface area contributed by atoms with Gasteiger partial charge in [0.25, 0.3) is 0 Å². The molecule has 1 aromatic carbocycles. The lowest BCUT2D eigenvalue weighted by molar-refractivity contribution is -0.126. The third kappa shape index (κ3) is 1.28. The van der Waals surface area contributed by atoms with Crippen LogP contribution in [0.3, 0.4) is 0 Å². The number of hydrogen-bond donors (Lipinski definition) is 1. The maximum atomic E-state index is 12.3. The predicted octanol–water partition coefficient (Wildman–Crippen LogP) is 1.46. The summed E-state index contributed by atoms with van der Waals surface area (Å²) in [4.78, 5) is 14.2. The summed E-state index contributed by atoms with van der Waals surface area (Å²) in [6.45, 7) is 0.789. The number of para-hydroxylation sites is 1. The van der Waals surface area contributed by atoms with Gasteiger partial charge in [0.15, 0.2) is 0 Å². The van der Waals surface area contributed by atoms with Gasteiger partial charge >= 0.3 is 0 Å². The summed E-state index contributed by atoms with van der Waals surface area (Å²) in [5.74, 6) is 0.115. The molecule has 84 valence electrons. The second-order valence-electron chi connectivity index (χ2n) is 4.85. The van der Waals surface area contributed by atoms with Crippen LogP contribution in [0, 0.1) is 0 Å². The predicted molar refractivity (Wildman–Crippen MR) is 63.3 cm³/mol. The molecule has 0 bridgehead atoms. The average Bonchev–Trinajstić information content (AvgIpc) is 2.68. The van der Waals surface area contributed by atoms with Gasteiger partial charge in [-0.1, -0.05) is 18.2 Å². The van der Waals surface area contributed by atoms with E-state index in [1.807, 2.05) is 23.1 Å². The third-order valence-corrected chi connectivity index (χ3v) is 3.80. The quantitative estimate of drug-likeness (QED) is 0.772. The first-order valence-corrected chi connectivity index (χ1v) is 5.89. The molecule has 1 aromatic rings. The van der Waals surface area contributed by atoms with Crippen molar-refractivity contribution in [1.29, 1.82) is 0 Å². The summed E-state index contributed by atoms with van der Waals surface area (Å²) in [5, 5.41) is 0. The van der Waals surface area contributed by atoms with Crippen LogP contribution in [0.2, 0.25) is 0 Å². The highest BCUT2D eigenvalue weighted by atomic mass is 16.2. The van der Waals surface area contributed by atoms with Crippen molar-refractivity contribution in [2.45, 2.75) is 31.2 Å². The Bertz CT molecular complexity index is 437. The van der Waals surface area contributed by atoms with Crippen LogP contribution in [0.15, 0.2) is 24.3 Å². The number of fused-ring (bicyclic) bond motifs is 1. The minimum Gasteiger partial charge on any atom is -0.317 e. The number of benzene rings is 1. The number of carbonyl (C=O) groups excluding carboxylic acids is 1. The van der Waals surface area contributed by atoms with Gasteiger partial charge in [-0.05, 0) is 37.3 Å². The van der Waals surface area contributed by atoms with Crippen LogP contribution >= 0.6 is 0 Å². The summed E-state index contributed by atoms with van der Waals surface area (Å²) in [5.41, 5.74) is 7.84. The molecule has 1 fully saturated rings. The van der Waals surface area contributed by atoms with E-state index < -0.39 is 5.54 Å². The standard InChI is InChI=1S/C13H16N2O/c14-13(7-3-8-13)12(16)15-9-6-10-4-1-2-5-11(10)15/h1-2,4-5H,3,6-9,14H2. The second-order valence-corrected chi connectivity index (χ2v) is 4.85. The fourth-order valence-corrected chi connectivity index (χ4v) is 2.59. The SMILES string of the molecule is NC1(C(=O)N2CCc3ccccc32)CCC1. The van der Waals surface area contributed by atoms with Crippen LogP contribution in [0.25, 0.3) is 0 Å². The number of rotatable bonds is 1. The Morgan fingerprint density at radius 1 is 1.31 bits per heavy atom. The molecule has 0 saturated heterocycles. The lowest BCUT2D eigenvalue weighted by Gasteiger charge is -2.39. The molecule has 0 aromatic heterocycles. The van der Waals surface area contributed by atoms with Crippen LogP contribution in [0.5, 0.6) is 0 Å². The van der Waals surface area contributed by atoms with Gasteiger partial charge in [-0.3, -0.25) is 4.79 Å². The Morgan fingerprint density at radius 3 is 2.75 bits per heavy atom. The van der Waals surface area contributed by atoms with Gasteiger partial charge in [0.2, 0.25) is 5.91 Å². The summed E-state index contributed by atoms with van der Waals surface area (Å²) in [6, 6.07) is 8.11. The van der Waals surface area contributed by atoms with Gasteiger partial charge < -0.3 is 10.6 Å². The third-order valence-electron chi connectivity index (χ3n) is 3.80. The summed E-state index contributed by atoms with van der Waals surface area (Å²) < 4.78 is 0. The maximum absolute atomic E-state index is 12.3. The van der Waals surface area contributed by atoms with Crippen molar-refractivity contribution in [3.05, 3.63) is 29.8 Å². The van der Waals surface area contributed by atoms with Crippen molar-refractivity contribution in [3.8, 4) is 0 Å². The van der Waals surface area contributed by atoms with E-state index in [1.54, 1.807) is 0 Å². The van der Waals surface area contributed by atoms with Crippen LogP contribution < -0.4 is 10.6 Å². The number of carbonyl (C=O) groups is 1. The Balaban J connectivity index is 1.90. The van der Waals surface area contributed by atoms with E-state index in [1.165, 1.54) is 5.56 Å². The molecule has 2 N–H and O–H groups in total. The minimum absolute atomic E-state index is 0.115. The van der Waals surface area contributed by atoms with Crippen molar-refractivity contribution < 1.29 is 4.79 Å². The van der Waals surface area contributed by atoms with E-state index in [0.29, 0.717) is 0 Å². The molecule has 16 heavy (non-hydrogen) atoms. The summed E-state index contributed by atoms with van der Waals surface area (Å²) >= 11 is 0. The van der Waals surface area contributed by atoms with Crippen LogP contribution in [0.1, 0.15) is 24.8 Å². The zero-order valence-corrected chi connectivity index (χ0v) is 9.28. The first kappa shape index (κ1) is 9.85. The molecule has 1 aliphatic carbocycles. The number of nitrogens with zero attached hydrogens (tertiary/aromatic N) is 1. The molecule has 1 saturated carbocycles. The number of nitrogens with two attached hydrogens (primary N) is 1. The molecule has 3 rings (SSSR count). The summed E-state index contributed by atoms with van der Waals surface area (Å²) in [6.07, 6.45) is 3.71. The van der Waals surface area contributed by atoms with Gasteiger partial charge in [-0.2, -0.15) is 0 Å². The largest absolute Gasteiger partial charge is 0.317 e. The number of anilines is 1. The lowest BCUT2D eigenvalue weighted by Crippen LogP contribution is -2.59. The molecule has 0 radical (unpaired) electrons. The van der Waals surface area contributed by atoms with Crippen LogP contribution in [-0.2, 0) is 11.2 Å². The van der Waals surface area contributed by atoms with Crippen molar-refractivity contribution in [3.63, 3.8) is 0 Å². The topological polar surface area (TPSA) is 46.3 Å². The normalized spacial score (nSPS) is 21.4. The first-order chi connectivity index (χ1) is 7.71. The van der Waals surface area contributed by atoms with E-state index in [2.05, 4.69) is 6.07 Å². The highest BCUT2D eigenvalue weighted by Gasteiger charge is 2.44. The molecule has 0 spiro atoms. The van der Waals surface area contributed by atoms with E-state index in [-0.39, 0.29) is 5.91 Å². The average molecular weight is 216 g/mol. The Morgan fingerprint density at radius 2 is 2.06 bits per heavy atom. The van der Waals surface area contributed by atoms with Gasteiger partial charge in [0, 0.05) is 12.2 Å². The van der Waals surface area contributed by atoms with E-state index in [4.69, 9.17) is 5.73 Å². The van der Waals surface area contributed by atoms with Gasteiger partial charge in [-0.25, -0.2) is 0 Å². The smallest absolute Gasteiger partial charge is 0.247 e. The van der Waals surface area contributed by atoms with E-state index in [0.717, 1.165) is 37.9 Å². The van der Waals surface area contributed by atoms with Gasteiger partial charge in [-0.15, -0.1) is 0 Å². The molecule has 3 nitrogen and oxygen atoms in total. The van der Waals surface area contributed by atoms with Gasteiger partial charge in [0.05, 0.1) is 5.54 Å². The molecule has 3 heteroatoms. The Hall–Kier alpha value is -1.35. The Labute approximate surface area is 95.2 Å². The monoisotopic (exact) mass is 216 g/mol. The lowest BCUT2D eigenvalue weighted by atomic mass is 9.76. The van der Waals surface area contributed by atoms with Crippen molar-refractivity contribution in [2.75, 3.05) is 11.4 Å². The highest BCUT2D eigenvalue weighted by molar-refractivity contribution is 6.02. The van der Waals surface area contributed by atoms with Crippen molar-refractivity contribution in [2.24, 2.45) is 5.73 Å².